The van der Waals surface area contributed by atoms with Crippen LogP contribution in [0.3, 0.4) is 0 Å². The molecule has 2 atom stereocenters. The first-order chi connectivity index (χ1) is 26.4. The van der Waals surface area contributed by atoms with Crippen LogP contribution in [-0.4, -0.2) is 83.7 Å². The number of nitrogens with one attached hydrogen (secondary N) is 2. The van der Waals surface area contributed by atoms with E-state index in [1.165, 1.54) is 50.2 Å². The molecule has 0 radical (unpaired) electrons. The minimum absolute atomic E-state index is 0.0398. The molecule has 0 saturated carbocycles. The van der Waals surface area contributed by atoms with Crippen LogP contribution in [-0.2, 0) is 31.9 Å². The van der Waals surface area contributed by atoms with Crippen LogP contribution in [0.25, 0.3) is 0 Å². The van der Waals surface area contributed by atoms with Gasteiger partial charge in [-0.1, -0.05) is 24.3 Å². The molecule has 16 heteroatoms. The first-order valence-electron chi connectivity index (χ1n) is 17.4. The maximum Gasteiger partial charge on any atom is 0.272 e. The van der Waals surface area contributed by atoms with E-state index in [1.54, 1.807) is 52.3 Å². The van der Waals surface area contributed by atoms with Gasteiger partial charge < -0.3 is 39.8 Å². The van der Waals surface area contributed by atoms with E-state index in [-0.39, 0.29) is 24.6 Å². The number of hydrogen-bond acceptors (Lipinski definition) is 12. The average molecular weight is 777 g/mol. The van der Waals surface area contributed by atoms with Crippen molar-refractivity contribution in [2.45, 2.75) is 51.7 Å². The van der Waals surface area contributed by atoms with Gasteiger partial charge in [0.1, 0.15) is 24.7 Å². The van der Waals surface area contributed by atoms with Gasteiger partial charge in [0.2, 0.25) is 0 Å². The number of nitrogens with zero attached hydrogens (tertiary/aromatic N) is 2. The van der Waals surface area contributed by atoms with Crippen molar-refractivity contribution in [1.82, 2.24) is 0 Å². The quantitative estimate of drug-likeness (QED) is 0.0704. The number of methoxy groups -OCH3 is 2. The summed E-state index contributed by atoms with van der Waals surface area (Å²) in [5.41, 5.74) is 0.0595. The summed E-state index contributed by atoms with van der Waals surface area (Å²) >= 11 is 0. The van der Waals surface area contributed by atoms with E-state index in [1.807, 2.05) is 24.3 Å². The molecule has 4 aromatic carbocycles. The molecule has 0 fully saturated rings. The summed E-state index contributed by atoms with van der Waals surface area (Å²) in [4.78, 5) is 45.5. The zero-order valence-corrected chi connectivity index (χ0v) is 32.2. The number of rotatable bonds is 18. The van der Waals surface area contributed by atoms with Crippen molar-refractivity contribution in [3.63, 3.8) is 0 Å². The fraction of sp³-hybridized carbons (Fsp3) is 0.350. The molecule has 56 heavy (non-hydrogen) atoms. The molecule has 0 aliphatic heterocycles. The van der Waals surface area contributed by atoms with E-state index in [4.69, 9.17) is 18.9 Å². The average Bonchev–Trinajstić information content (AvgIpc) is 3.15. The van der Waals surface area contributed by atoms with Gasteiger partial charge in [-0.2, -0.15) is 0 Å². The molecule has 0 aromatic heterocycles. The van der Waals surface area contributed by atoms with Crippen LogP contribution < -0.4 is 20.1 Å². The number of carbonyl (C=O) groups is 2. The largest absolute Gasteiger partial charge is 0.490 e. The Bertz CT molecular complexity index is 1810. The van der Waals surface area contributed by atoms with Gasteiger partial charge in [-0.15, -0.1) is 0 Å². The van der Waals surface area contributed by atoms with Crippen LogP contribution in [0.2, 0.25) is 0 Å². The van der Waals surface area contributed by atoms with Crippen molar-refractivity contribution < 1.29 is 48.6 Å². The summed E-state index contributed by atoms with van der Waals surface area (Å²) in [5, 5.41) is 47.7. The number of benzene rings is 4. The summed E-state index contributed by atoms with van der Waals surface area (Å²) in [7, 11) is 3.28. The topological polar surface area (TPSA) is 222 Å². The molecule has 0 bridgehead atoms. The molecule has 300 valence electrons. The number of carbonyl (C=O) groups excluding carboxylic acids is 2. The van der Waals surface area contributed by atoms with E-state index < -0.39 is 32.9 Å². The molecular formula is C40H48N4O12. The van der Waals surface area contributed by atoms with Crippen molar-refractivity contribution in [2.75, 3.05) is 51.3 Å². The van der Waals surface area contributed by atoms with Gasteiger partial charge in [0.15, 0.2) is 11.2 Å². The predicted octanol–water partition coefficient (Wildman–Crippen LogP) is 5.72. The zero-order valence-electron chi connectivity index (χ0n) is 32.2. The molecule has 0 aliphatic rings. The number of nitro groups is 2. The number of nitro benzene ring substituents is 2. The van der Waals surface area contributed by atoms with Gasteiger partial charge >= 0.3 is 0 Å². The molecule has 4 aromatic rings. The summed E-state index contributed by atoms with van der Waals surface area (Å²) in [5.74, 6) is -0.282. The van der Waals surface area contributed by atoms with Crippen LogP contribution in [0, 0.1) is 34.1 Å². The first kappa shape index (κ1) is 44.5. The fourth-order valence-corrected chi connectivity index (χ4v) is 4.93. The lowest BCUT2D eigenvalue weighted by Gasteiger charge is -2.22. The van der Waals surface area contributed by atoms with Crippen LogP contribution >= 0.6 is 0 Å². The molecular weight excluding hydrogens is 728 g/mol. The van der Waals surface area contributed by atoms with Gasteiger partial charge in [0.25, 0.3) is 23.2 Å². The monoisotopic (exact) mass is 776 g/mol. The first-order valence-corrected chi connectivity index (χ1v) is 17.4. The third kappa shape index (κ3) is 13.7. The number of aryl methyl sites for hydroxylation is 2. The SMILES string of the molecule is COCCc1ccc(OCC(C)(O)C(=O)Nc2ccc([N+](=O)[O-])c(C)c2)cc1.COCCc1ccc(OCC(C)(O)C(=O)Nc2ccc([N+](=O)[O-])c(C)c2)cc1. The number of aliphatic hydroxyl groups is 2. The number of ether oxygens (including phenoxy) is 4. The summed E-state index contributed by atoms with van der Waals surface area (Å²) in [6.45, 7) is 6.58. The Hall–Kier alpha value is -5.94. The van der Waals surface area contributed by atoms with Gasteiger partial charge in [-0.3, -0.25) is 29.8 Å². The molecule has 4 N–H and O–H groups in total. The standard InChI is InChI=1S/2C20H24N2O6/c2*1-14-12-16(6-9-18(14)22(25)26)21-19(23)20(2,24)13-28-17-7-4-15(5-8-17)10-11-27-3/h2*4-9,12,24H,10-11,13H2,1-3H3,(H,21,23). The highest BCUT2D eigenvalue weighted by Gasteiger charge is 2.33. The second-order valence-electron chi connectivity index (χ2n) is 13.3. The van der Waals surface area contributed by atoms with Crippen molar-refractivity contribution in [3.8, 4) is 11.5 Å². The molecule has 2 unspecified atom stereocenters. The van der Waals surface area contributed by atoms with Crippen LogP contribution in [0.5, 0.6) is 11.5 Å². The zero-order chi connectivity index (χ0) is 41.5. The lowest BCUT2D eigenvalue weighted by Crippen LogP contribution is -2.45. The second kappa shape index (κ2) is 20.7. The third-order valence-electron chi connectivity index (χ3n) is 8.36. The molecule has 2 amide bonds. The van der Waals surface area contributed by atoms with Gasteiger partial charge in [0, 0.05) is 48.9 Å². The molecule has 16 nitrogen and oxygen atoms in total. The summed E-state index contributed by atoms with van der Waals surface area (Å²) < 4.78 is 21.1. The van der Waals surface area contributed by atoms with E-state index >= 15 is 0 Å². The Labute approximate surface area is 324 Å². The molecule has 4 rings (SSSR count). The highest BCUT2D eigenvalue weighted by molar-refractivity contribution is 5.97. The molecule has 0 spiro atoms. The summed E-state index contributed by atoms with van der Waals surface area (Å²) in [6.07, 6.45) is 1.57. The maximum absolute atomic E-state index is 12.4. The number of amides is 2. The lowest BCUT2D eigenvalue weighted by atomic mass is 10.1. The highest BCUT2D eigenvalue weighted by atomic mass is 16.6. The minimum atomic E-state index is -1.79. The van der Waals surface area contributed by atoms with Gasteiger partial charge in [-0.05, 0) is 100 Å². The third-order valence-corrected chi connectivity index (χ3v) is 8.36. The Balaban J connectivity index is 0.000000300. The normalized spacial score (nSPS) is 12.9. The van der Waals surface area contributed by atoms with Crippen LogP contribution in [0.1, 0.15) is 36.1 Å². The van der Waals surface area contributed by atoms with Gasteiger partial charge in [-0.25, -0.2) is 0 Å². The van der Waals surface area contributed by atoms with Crippen molar-refractivity contribution in [1.29, 1.82) is 0 Å². The van der Waals surface area contributed by atoms with E-state index in [9.17, 15) is 40.0 Å². The predicted molar refractivity (Wildman–Crippen MR) is 209 cm³/mol. The van der Waals surface area contributed by atoms with Crippen molar-refractivity contribution in [2.24, 2.45) is 0 Å². The Morgan fingerprint density at radius 1 is 0.625 bits per heavy atom. The Kier molecular flexibility index (Phi) is 16.4. The van der Waals surface area contributed by atoms with E-state index in [0.717, 1.165) is 24.0 Å². The number of anilines is 2. The minimum Gasteiger partial charge on any atom is -0.490 e. The lowest BCUT2D eigenvalue weighted by molar-refractivity contribution is -0.385. The van der Waals surface area contributed by atoms with E-state index in [2.05, 4.69) is 10.6 Å². The second-order valence-corrected chi connectivity index (χ2v) is 13.3. The highest BCUT2D eigenvalue weighted by Crippen LogP contribution is 2.24. The van der Waals surface area contributed by atoms with Gasteiger partial charge in [0.05, 0.1) is 23.1 Å². The van der Waals surface area contributed by atoms with E-state index in [0.29, 0.717) is 47.2 Å². The smallest absolute Gasteiger partial charge is 0.272 e. The molecule has 0 heterocycles. The maximum atomic E-state index is 12.4. The molecule has 0 saturated heterocycles. The fourth-order valence-electron chi connectivity index (χ4n) is 4.93. The van der Waals surface area contributed by atoms with Crippen LogP contribution in [0.15, 0.2) is 84.9 Å². The Morgan fingerprint density at radius 2 is 0.964 bits per heavy atom. The van der Waals surface area contributed by atoms with Crippen molar-refractivity contribution >= 4 is 34.6 Å². The molecule has 0 aliphatic carbocycles. The van der Waals surface area contributed by atoms with Crippen LogP contribution in [0.4, 0.5) is 22.7 Å². The number of hydrogen-bond donors (Lipinski definition) is 4. The summed E-state index contributed by atoms with van der Waals surface area (Å²) in [6, 6.07) is 23.0. The van der Waals surface area contributed by atoms with Crippen molar-refractivity contribution in [3.05, 3.63) is 127 Å². The Morgan fingerprint density at radius 3 is 1.25 bits per heavy atom.